The molecule has 120 valence electrons. The molecule has 0 saturated carbocycles. The number of rotatable bonds is 3. The van der Waals surface area contributed by atoms with Gasteiger partial charge in [-0.05, 0) is 25.0 Å². The molecule has 1 aliphatic rings. The van der Waals surface area contributed by atoms with E-state index in [9.17, 15) is 4.79 Å². The summed E-state index contributed by atoms with van der Waals surface area (Å²) in [6.45, 7) is 1.01. The van der Waals surface area contributed by atoms with E-state index in [4.69, 9.17) is 4.98 Å². The highest BCUT2D eigenvalue weighted by Crippen LogP contribution is 2.29. The number of aromatic nitrogens is 4. The van der Waals surface area contributed by atoms with E-state index in [1.807, 2.05) is 24.3 Å². The van der Waals surface area contributed by atoms with Gasteiger partial charge < -0.3 is 9.88 Å². The first-order valence-electron chi connectivity index (χ1n) is 8.05. The molecule has 1 amide bonds. The lowest BCUT2D eigenvalue weighted by Gasteiger charge is -2.11. The molecular formula is C18H17N5O. The van der Waals surface area contributed by atoms with Gasteiger partial charge in [-0.3, -0.25) is 4.79 Å². The lowest BCUT2D eigenvalue weighted by molar-refractivity contribution is 0.101. The number of aryl methyl sites for hydroxylation is 2. The van der Waals surface area contributed by atoms with Crippen molar-refractivity contribution in [2.24, 2.45) is 0 Å². The molecule has 0 atom stereocenters. The van der Waals surface area contributed by atoms with Gasteiger partial charge in [-0.2, -0.15) is 0 Å². The summed E-state index contributed by atoms with van der Waals surface area (Å²) in [6.07, 6.45) is 8.55. The standard InChI is InChI=1S/C18H17N5O/c24-18(17-19-9-5-10-20-17)22-14-7-2-1-6-13(14)15-12-23-11-4-3-8-16(23)21-15/h1-2,5-7,9-10,12H,3-4,8,11H2,(H,22,24). The molecular weight excluding hydrogens is 302 g/mol. The fraction of sp³-hybridized carbons (Fsp3) is 0.222. The lowest BCUT2D eigenvalue weighted by Crippen LogP contribution is -2.15. The molecule has 6 heteroatoms. The maximum absolute atomic E-state index is 12.3. The number of benzene rings is 1. The summed E-state index contributed by atoms with van der Waals surface area (Å²) in [7, 11) is 0. The Hall–Kier alpha value is -3.02. The Morgan fingerprint density at radius 3 is 2.75 bits per heavy atom. The maximum atomic E-state index is 12.3. The third-order valence-corrected chi connectivity index (χ3v) is 4.13. The molecule has 3 aromatic rings. The van der Waals surface area contributed by atoms with Crippen molar-refractivity contribution in [1.29, 1.82) is 0 Å². The Morgan fingerprint density at radius 2 is 1.92 bits per heavy atom. The van der Waals surface area contributed by atoms with Crippen LogP contribution in [0, 0.1) is 0 Å². The van der Waals surface area contributed by atoms with Crippen LogP contribution < -0.4 is 5.32 Å². The average molecular weight is 319 g/mol. The predicted molar refractivity (Wildman–Crippen MR) is 90.6 cm³/mol. The van der Waals surface area contributed by atoms with Crippen molar-refractivity contribution in [3.63, 3.8) is 0 Å². The summed E-state index contributed by atoms with van der Waals surface area (Å²) in [6, 6.07) is 9.36. The predicted octanol–water partition coefficient (Wildman–Crippen LogP) is 2.93. The number of hydrogen-bond acceptors (Lipinski definition) is 4. The first kappa shape index (κ1) is 14.6. The topological polar surface area (TPSA) is 72.7 Å². The van der Waals surface area contributed by atoms with Crippen LogP contribution in [0.1, 0.15) is 29.3 Å². The number of fused-ring (bicyclic) bond motifs is 1. The molecule has 1 aliphatic heterocycles. The van der Waals surface area contributed by atoms with Crippen LogP contribution in [0.25, 0.3) is 11.3 Å². The number of carbonyl (C=O) groups excluding carboxylic acids is 1. The molecule has 4 rings (SSSR count). The molecule has 0 unspecified atom stereocenters. The van der Waals surface area contributed by atoms with Crippen LogP contribution in [0.2, 0.25) is 0 Å². The minimum absolute atomic E-state index is 0.149. The van der Waals surface area contributed by atoms with E-state index in [0.717, 1.165) is 30.0 Å². The molecule has 0 aliphatic carbocycles. The van der Waals surface area contributed by atoms with Gasteiger partial charge in [0, 0.05) is 37.1 Å². The van der Waals surface area contributed by atoms with Crippen LogP contribution in [-0.4, -0.2) is 25.4 Å². The number of imidazole rings is 1. The van der Waals surface area contributed by atoms with E-state index in [0.29, 0.717) is 5.69 Å². The fourth-order valence-corrected chi connectivity index (χ4v) is 2.95. The zero-order chi connectivity index (χ0) is 16.4. The zero-order valence-corrected chi connectivity index (χ0v) is 13.1. The summed E-state index contributed by atoms with van der Waals surface area (Å²) in [5.74, 6) is 0.937. The minimum Gasteiger partial charge on any atom is -0.334 e. The lowest BCUT2D eigenvalue weighted by atomic mass is 10.1. The van der Waals surface area contributed by atoms with Gasteiger partial charge in [0.2, 0.25) is 5.82 Å². The van der Waals surface area contributed by atoms with Gasteiger partial charge in [0.05, 0.1) is 11.4 Å². The highest BCUT2D eigenvalue weighted by molar-refractivity contribution is 6.03. The van der Waals surface area contributed by atoms with Gasteiger partial charge in [0.25, 0.3) is 5.91 Å². The van der Waals surface area contributed by atoms with Gasteiger partial charge in [0.15, 0.2) is 0 Å². The van der Waals surface area contributed by atoms with Gasteiger partial charge >= 0.3 is 0 Å². The fourth-order valence-electron chi connectivity index (χ4n) is 2.95. The zero-order valence-electron chi connectivity index (χ0n) is 13.1. The molecule has 6 nitrogen and oxygen atoms in total. The number of nitrogens with zero attached hydrogens (tertiary/aromatic N) is 4. The highest BCUT2D eigenvalue weighted by Gasteiger charge is 2.17. The van der Waals surface area contributed by atoms with Gasteiger partial charge in [-0.15, -0.1) is 0 Å². The van der Waals surface area contributed by atoms with Crippen molar-refractivity contribution >= 4 is 11.6 Å². The smallest absolute Gasteiger partial charge is 0.293 e. The first-order chi connectivity index (χ1) is 11.8. The SMILES string of the molecule is O=C(Nc1ccccc1-c1cn2c(n1)CCCC2)c1ncccn1. The number of amides is 1. The van der Waals surface area contributed by atoms with Crippen molar-refractivity contribution in [2.45, 2.75) is 25.8 Å². The van der Waals surface area contributed by atoms with Crippen LogP contribution >= 0.6 is 0 Å². The average Bonchev–Trinajstić information content (AvgIpc) is 3.07. The normalized spacial score (nSPS) is 13.3. The highest BCUT2D eigenvalue weighted by atomic mass is 16.2. The quantitative estimate of drug-likeness (QED) is 0.805. The van der Waals surface area contributed by atoms with Gasteiger partial charge in [0.1, 0.15) is 5.82 Å². The molecule has 0 bridgehead atoms. The second kappa shape index (κ2) is 6.23. The van der Waals surface area contributed by atoms with Crippen molar-refractivity contribution in [3.05, 3.63) is 60.6 Å². The Kier molecular flexibility index (Phi) is 3.78. The van der Waals surface area contributed by atoms with Gasteiger partial charge in [-0.25, -0.2) is 15.0 Å². The summed E-state index contributed by atoms with van der Waals surface area (Å²) >= 11 is 0. The van der Waals surface area contributed by atoms with E-state index >= 15 is 0 Å². The molecule has 24 heavy (non-hydrogen) atoms. The summed E-state index contributed by atoms with van der Waals surface area (Å²) in [5, 5.41) is 2.89. The molecule has 0 radical (unpaired) electrons. The molecule has 3 heterocycles. The Morgan fingerprint density at radius 1 is 1.08 bits per heavy atom. The van der Waals surface area contributed by atoms with Crippen LogP contribution in [-0.2, 0) is 13.0 Å². The monoisotopic (exact) mass is 319 g/mol. The Bertz CT molecular complexity index is 849. The van der Waals surface area contributed by atoms with Crippen LogP contribution in [0.15, 0.2) is 48.9 Å². The molecule has 0 saturated heterocycles. The summed E-state index contributed by atoms with van der Waals surface area (Å²) < 4.78 is 2.21. The molecule has 1 aromatic carbocycles. The number of nitrogens with one attached hydrogen (secondary N) is 1. The Labute approximate surface area is 139 Å². The minimum atomic E-state index is -0.327. The number of para-hydroxylation sites is 1. The van der Waals surface area contributed by atoms with Crippen molar-refractivity contribution in [3.8, 4) is 11.3 Å². The van der Waals surface area contributed by atoms with E-state index in [-0.39, 0.29) is 11.7 Å². The van der Waals surface area contributed by atoms with Crippen molar-refractivity contribution in [2.75, 3.05) is 5.32 Å². The first-order valence-corrected chi connectivity index (χ1v) is 8.05. The summed E-state index contributed by atoms with van der Waals surface area (Å²) in [4.78, 5) is 25.0. The molecule has 0 fully saturated rings. The van der Waals surface area contributed by atoms with Crippen molar-refractivity contribution in [1.82, 2.24) is 19.5 Å². The van der Waals surface area contributed by atoms with Crippen LogP contribution in [0.3, 0.4) is 0 Å². The van der Waals surface area contributed by atoms with Gasteiger partial charge in [-0.1, -0.05) is 18.2 Å². The number of hydrogen-bond donors (Lipinski definition) is 1. The second-order valence-corrected chi connectivity index (χ2v) is 5.76. The van der Waals surface area contributed by atoms with E-state index in [2.05, 4.69) is 26.0 Å². The molecule has 2 aromatic heterocycles. The van der Waals surface area contributed by atoms with E-state index in [1.54, 1.807) is 18.5 Å². The molecule has 0 spiro atoms. The largest absolute Gasteiger partial charge is 0.334 e. The second-order valence-electron chi connectivity index (χ2n) is 5.76. The van der Waals surface area contributed by atoms with Crippen molar-refractivity contribution < 1.29 is 4.79 Å². The third-order valence-electron chi connectivity index (χ3n) is 4.13. The van der Waals surface area contributed by atoms with Crippen LogP contribution in [0.5, 0.6) is 0 Å². The third kappa shape index (κ3) is 2.78. The summed E-state index contributed by atoms with van der Waals surface area (Å²) in [5.41, 5.74) is 2.51. The Balaban J connectivity index is 1.66. The maximum Gasteiger partial charge on any atom is 0.293 e. The van der Waals surface area contributed by atoms with E-state index < -0.39 is 0 Å². The van der Waals surface area contributed by atoms with Crippen LogP contribution in [0.4, 0.5) is 5.69 Å². The number of carbonyl (C=O) groups is 1. The number of anilines is 1. The van der Waals surface area contributed by atoms with E-state index in [1.165, 1.54) is 12.8 Å². The molecule has 1 N–H and O–H groups in total.